The highest BCUT2D eigenvalue weighted by atomic mass is 16.6. The number of ether oxygens (including phenoxy) is 1. The maximum atomic E-state index is 10.9. The molecule has 0 aliphatic carbocycles. The number of hydrogen-bond donors (Lipinski definition) is 1. The lowest BCUT2D eigenvalue weighted by Gasteiger charge is -2.06. The monoisotopic (exact) mass is 263 g/mol. The molecule has 0 spiro atoms. The fourth-order valence-corrected chi connectivity index (χ4v) is 1.57. The van der Waals surface area contributed by atoms with Crippen molar-refractivity contribution in [3.8, 4) is 5.75 Å². The van der Waals surface area contributed by atoms with Crippen molar-refractivity contribution < 1.29 is 9.66 Å². The normalized spacial score (nSPS) is 10.4. The van der Waals surface area contributed by atoms with E-state index >= 15 is 0 Å². The largest absolute Gasteiger partial charge is 0.480 e. The Kier molecular flexibility index (Phi) is 3.71. The number of aromatic nitrogens is 3. The van der Waals surface area contributed by atoms with Crippen LogP contribution in [0.25, 0.3) is 0 Å². The van der Waals surface area contributed by atoms with Gasteiger partial charge in [0.25, 0.3) is 0 Å². The summed E-state index contributed by atoms with van der Waals surface area (Å²) < 4.78 is 6.96. The topological polar surface area (TPSA) is 109 Å². The number of nitrogens with two attached hydrogens (primary N) is 1. The average Bonchev–Trinajstić information content (AvgIpc) is 2.81. The van der Waals surface area contributed by atoms with Crippen molar-refractivity contribution in [2.45, 2.75) is 13.2 Å². The van der Waals surface area contributed by atoms with Gasteiger partial charge in [0.2, 0.25) is 0 Å². The molecule has 0 bridgehead atoms. The van der Waals surface area contributed by atoms with Gasteiger partial charge in [-0.2, -0.15) is 0 Å². The number of nitro benzene ring substituents is 1. The first-order valence-electron chi connectivity index (χ1n) is 5.55. The molecule has 19 heavy (non-hydrogen) atoms. The molecule has 0 saturated heterocycles. The fraction of sp³-hybridized carbons (Fsp3) is 0.273. The van der Waals surface area contributed by atoms with Crippen LogP contribution in [0.2, 0.25) is 0 Å². The summed E-state index contributed by atoms with van der Waals surface area (Å²) in [6, 6.07) is 4.55. The summed E-state index contributed by atoms with van der Waals surface area (Å²) in [7, 11) is 1.73. The molecule has 2 N–H and O–H groups in total. The van der Waals surface area contributed by atoms with Crippen molar-refractivity contribution in [2.75, 3.05) is 0 Å². The summed E-state index contributed by atoms with van der Waals surface area (Å²) in [4.78, 5) is 10.4. The van der Waals surface area contributed by atoms with E-state index in [4.69, 9.17) is 10.5 Å². The van der Waals surface area contributed by atoms with E-state index in [2.05, 4.69) is 10.3 Å². The van der Waals surface area contributed by atoms with E-state index < -0.39 is 4.92 Å². The van der Waals surface area contributed by atoms with E-state index in [1.807, 2.05) is 0 Å². The molecular formula is C11H13N5O3. The summed E-state index contributed by atoms with van der Waals surface area (Å²) in [5.41, 5.74) is 6.76. The molecule has 0 radical (unpaired) electrons. The molecule has 0 aliphatic rings. The van der Waals surface area contributed by atoms with Crippen molar-refractivity contribution in [1.29, 1.82) is 0 Å². The molecule has 8 heteroatoms. The van der Waals surface area contributed by atoms with Crippen LogP contribution in [0.3, 0.4) is 0 Å². The molecule has 1 aromatic heterocycles. The summed E-state index contributed by atoms with van der Waals surface area (Å²) in [5.74, 6) is 0.179. The molecule has 2 aromatic rings. The Bertz CT molecular complexity index is 596. The van der Waals surface area contributed by atoms with Crippen LogP contribution in [-0.4, -0.2) is 19.9 Å². The maximum Gasteiger partial charge on any atom is 0.310 e. The second-order valence-electron chi connectivity index (χ2n) is 3.94. The minimum Gasteiger partial charge on any atom is -0.480 e. The van der Waals surface area contributed by atoms with Crippen LogP contribution in [-0.2, 0) is 20.2 Å². The minimum atomic E-state index is -0.494. The predicted molar refractivity (Wildman–Crippen MR) is 66.3 cm³/mol. The lowest BCUT2D eigenvalue weighted by molar-refractivity contribution is -0.386. The summed E-state index contributed by atoms with van der Waals surface area (Å²) in [5, 5.41) is 18.5. The lowest BCUT2D eigenvalue weighted by atomic mass is 10.2. The van der Waals surface area contributed by atoms with Crippen molar-refractivity contribution in [3.05, 3.63) is 45.8 Å². The van der Waals surface area contributed by atoms with Crippen LogP contribution < -0.4 is 10.5 Å². The predicted octanol–water partition coefficient (Wildman–Crippen LogP) is 0.761. The molecule has 0 atom stereocenters. The standard InChI is InChI=1S/C11H13N5O3/c1-15-6-9(13-14-15)7-19-11-4-8(5-12)2-3-10(11)16(17)18/h2-4,6H,5,7,12H2,1H3. The Morgan fingerprint density at radius 2 is 2.32 bits per heavy atom. The lowest BCUT2D eigenvalue weighted by Crippen LogP contribution is -2.02. The van der Waals surface area contributed by atoms with Crippen LogP contribution >= 0.6 is 0 Å². The van der Waals surface area contributed by atoms with Crippen molar-refractivity contribution in [1.82, 2.24) is 15.0 Å². The molecule has 0 fully saturated rings. The first-order valence-corrected chi connectivity index (χ1v) is 5.55. The van der Waals surface area contributed by atoms with E-state index in [0.29, 0.717) is 12.2 Å². The molecule has 0 saturated carbocycles. The van der Waals surface area contributed by atoms with E-state index in [9.17, 15) is 10.1 Å². The molecule has 2 rings (SSSR count). The van der Waals surface area contributed by atoms with Crippen molar-refractivity contribution >= 4 is 5.69 Å². The first kappa shape index (κ1) is 13.0. The molecule has 100 valence electrons. The van der Waals surface area contributed by atoms with Crippen LogP contribution in [0, 0.1) is 10.1 Å². The number of nitrogens with zero attached hydrogens (tertiary/aromatic N) is 4. The van der Waals surface area contributed by atoms with E-state index in [1.165, 1.54) is 10.7 Å². The van der Waals surface area contributed by atoms with Gasteiger partial charge >= 0.3 is 5.69 Å². The van der Waals surface area contributed by atoms with E-state index in [0.717, 1.165) is 5.56 Å². The van der Waals surface area contributed by atoms with Crippen molar-refractivity contribution in [2.24, 2.45) is 12.8 Å². The number of rotatable bonds is 5. The van der Waals surface area contributed by atoms with Gasteiger partial charge < -0.3 is 10.5 Å². The number of benzene rings is 1. The van der Waals surface area contributed by atoms with Crippen LogP contribution in [0.4, 0.5) is 5.69 Å². The zero-order valence-electron chi connectivity index (χ0n) is 10.3. The number of nitro groups is 1. The number of hydrogen-bond acceptors (Lipinski definition) is 6. The molecule has 8 nitrogen and oxygen atoms in total. The third kappa shape index (κ3) is 3.05. The minimum absolute atomic E-state index is 0.0962. The molecule has 0 aliphatic heterocycles. The Labute approximate surface area is 108 Å². The Morgan fingerprint density at radius 1 is 1.53 bits per heavy atom. The van der Waals surface area contributed by atoms with Crippen molar-refractivity contribution in [3.63, 3.8) is 0 Å². The van der Waals surface area contributed by atoms with Crippen LogP contribution in [0.1, 0.15) is 11.3 Å². The molecule has 0 unspecified atom stereocenters. The van der Waals surface area contributed by atoms with Gasteiger partial charge in [-0.3, -0.25) is 14.8 Å². The SMILES string of the molecule is Cn1cc(COc2cc(CN)ccc2[N+](=O)[O-])nn1. The molecule has 0 amide bonds. The van der Waals surface area contributed by atoms with Crippen LogP contribution in [0.5, 0.6) is 5.75 Å². The third-order valence-corrected chi connectivity index (χ3v) is 2.48. The Morgan fingerprint density at radius 3 is 2.89 bits per heavy atom. The van der Waals surface area contributed by atoms with Gasteiger partial charge in [0.15, 0.2) is 5.75 Å². The molecule has 1 aromatic carbocycles. The summed E-state index contributed by atoms with van der Waals surface area (Å²) in [6.07, 6.45) is 1.68. The van der Waals surface area contributed by atoms with Gasteiger partial charge in [0, 0.05) is 19.7 Å². The Balaban J connectivity index is 2.19. The molecule has 1 heterocycles. The highest BCUT2D eigenvalue weighted by molar-refractivity contribution is 5.48. The van der Waals surface area contributed by atoms with Gasteiger partial charge in [-0.15, -0.1) is 5.10 Å². The number of aryl methyl sites for hydroxylation is 1. The van der Waals surface area contributed by atoms with Gasteiger partial charge in [0.1, 0.15) is 12.3 Å². The van der Waals surface area contributed by atoms with Gasteiger partial charge in [0.05, 0.1) is 11.1 Å². The van der Waals surface area contributed by atoms with Gasteiger partial charge in [-0.25, -0.2) is 0 Å². The van der Waals surface area contributed by atoms with Crippen LogP contribution in [0.15, 0.2) is 24.4 Å². The fourth-order valence-electron chi connectivity index (χ4n) is 1.57. The quantitative estimate of drug-likeness (QED) is 0.630. The zero-order valence-corrected chi connectivity index (χ0v) is 10.3. The summed E-state index contributed by atoms with van der Waals surface area (Å²) >= 11 is 0. The van der Waals surface area contributed by atoms with E-state index in [1.54, 1.807) is 25.4 Å². The highest BCUT2D eigenvalue weighted by Gasteiger charge is 2.16. The second kappa shape index (κ2) is 5.44. The maximum absolute atomic E-state index is 10.9. The Hall–Kier alpha value is -2.48. The average molecular weight is 263 g/mol. The first-order chi connectivity index (χ1) is 9.10. The van der Waals surface area contributed by atoms with E-state index in [-0.39, 0.29) is 18.0 Å². The second-order valence-corrected chi connectivity index (χ2v) is 3.94. The zero-order chi connectivity index (χ0) is 13.8. The third-order valence-electron chi connectivity index (χ3n) is 2.48. The molecular weight excluding hydrogens is 250 g/mol. The van der Waals surface area contributed by atoms with Gasteiger partial charge in [-0.1, -0.05) is 11.3 Å². The summed E-state index contributed by atoms with van der Waals surface area (Å²) in [6.45, 7) is 0.405. The smallest absolute Gasteiger partial charge is 0.310 e. The highest BCUT2D eigenvalue weighted by Crippen LogP contribution is 2.28. The van der Waals surface area contributed by atoms with Gasteiger partial charge in [-0.05, 0) is 11.6 Å².